The zero-order chi connectivity index (χ0) is 24.1. The molecule has 2 radical (unpaired) electrons. The number of carbonyl (C=O) groups excluding carboxylic acids is 1. The number of rotatable bonds is 7. The van der Waals surface area contributed by atoms with E-state index in [1.54, 1.807) is 24.0 Å². The summed E-state index contributed by atoms with van der Waals surface area (Å²) in [6, 6.07) is 6.17. The zero-order valence-electron chi connectivity index (χ0n) is 19.0. The minimum absolute atomic E-state index is 0.0977. The molecule has 2 fully saturated rings. The van der Waals surface area contributed by atoms with Gasteiger partial charge < -0.3 is 19.8 Å². The van der Waals surface area contributed by atoms with Crippen LogP contribution in [0.1, 0.15) is 67.6 Å². The Kier molecular flexibility index (Phi) is 6.03. The molecule has 33 heavy (non-hydrogen) atoms. The van der Waals surface area contributed by atoms with Crippen molar-refractivity contribution in [3.63, 3.8) is 0 Å². The molecule has 0 bridgehead atoms. The molecule has 1 saturated carbocycles. The average Bonchev–Trinajstić information content (AvgIpc) is 3.34. The van der Waals surface area contributed by atoms with Gasteiger partial charge in [-0.25, -0.2) is 0 Å². The third-order valence-corrected chi connectivity index (χ3v) is 6.45. The van der Waals surface area contributed by atoms with E-state index in [4.69, 9.17) is 12.6 Å². The van der Waals surface area contributed by atoms with Crippen LogP contribution < -0.4 is 4.74 Å². The molecule has 4 rings (SSSR count). The smallest absolute Gasteiger partial charge is 0.286 e. The Bertz CT molecular complexity index is 1040. The second-order valence-electron chi connectivity index (χ2n) is 9.30. The van der Waals surface area contributed by atoms with Gasteiger partial charge in [0.15, 0.2) is 0 Å². The van der Waals surface area contributed by atoms with Crippen LogP contribution in [-0.4, -0.2) is 51.1 Å². The highest BCUT2D eigenvalue weighted by Crippen LogP contribution is 2.42. The SMILES string of the molecule is [B]C(O)(O)Oc1cccc(C2[C@H](C)CCN2C(=O)Cn2nc(C3CC3)cc2C(C)(F)F)c1C. The summed E-state index contributed by atoms with van der Waals surface area (Å²) in [6.45, 7) is 4.78. The number of likely N-dealkylation sites (tertiary alicyclic amines) is 1. The Labute approximate surface area is 192 Å². The monoisotopic (exact) mass is 459 g/mol. The Hall–Kier alpha value is -2.46. The number of hydrogen-bond acceptors (Lipinski definition) is 5. The van der Waals surface area contributed by atoms with Gasteiger partial charge in [-0.05, 0) is 55.4 Å². The minimum Gasteiger partial charge on any atom is -0.449 e. The second kappa shape index (κ2) is 8.40. The second-order valence-corrected chi connectivity index (χ2v) is 9.30. The summed E-state index contributed by atoms with van der Waals surface area (Å²) in [6.07, 6.45) is 2.59. The number of halogens is 2. The number of alkyl halides is 2. The molecule has 1 saturated heterocycles. The van der Waals surface area contributed by atoms with E-state index in [1.165, 1.54) is 6.07 Å². The fraction of sp³-hybridized carbons (Fsp3) is 0.565. The Balaban J connectivity index is 1.61. The first-order valence-corrected chi connectivity index (χ1v) is 11.1. The molecule has 2 heterocycles. The van der Waals surface area contributed by atoms with E-state index in [0.717, 1.165) is 36.4 Å². The van der Waals surface area contributed by atoms with Gasteiger partial charge in [0.25, 0.3) is 11.8 Å². The lowest BCUT2D eigenvalue weighted by Gasteiger charge is -2.30. The lowest BCUT2D eigenvalue weighted by Crippen LogP contribution is -2.37. The van der Waals surface area contributed by atoms with E-state index in [9.17, 15) is 23.8 Å². The molecular formula is C23H28BF2N3O4. The summed E-state index contributed by atoms with van der Waals surface area (Å²) in [5, 5.41) is 23.2. The lowest BCUT2D eigenvalue weighted by atomic mass is 9.91. The van der Waals surface area contributed by atoms with Crippen molar-refractivity contribution in [3.8, 4) is 5.75 Å². The normalized spacial score (nSPS) is 21.5. The topological polar surface area (TPSA) is 87.8 Å². The number of aromatic nitrogens is 2. The Morgan fingerprint density at radius 1 is 1.30 bits per heavy atom. The summed E-state index contributed by atoms with van der Waals surface area (Å²) in [5.41, 5.74) is 1.75. The van der Waals surface area contributed by atoms with Crippen LogP contribution in [0.3, 0.4) is 0 Å². The molecule has 1 aromatic heterocycles. The molecule has 1 aliphatic carbocycles. The molecule has 2 N–H and O–H groups in total. The van der Waals surface area contributed by atoms with Crippen molar-refractivity contribution in [2.45, 2.75) is 70.3 Å². The highest BCUT2D eigenvalue weighted by atomic mass is 19.3. The molecular weight excluding hydrogens is 431 g/mol. The number of amides is 1. The van der Waals surface area contributed by atoms with Crippen LogP contribution in [0.25, 0.3) is 0 Å². The van der Waals surface area contributed by atoms with Crippen LogP contribution in [0.4, 0.5) is 8.78 Å². The van der Waals surface area contributed by atoms with E-state index in [0.29, 0.717) is 17.8 Å². The number of aliphatic hydroxyl groups is 2. The molecule has 1 aromatic carbocycles. The fourth-order valence-corrected chi connectivity index (χ4v) is 4.63. The van der Waals surface area contributed by atoms with Gasteiger partial charge in [0.1, 0.15) is 18.0 Å². The summed E-state index contributed by atoms with van der Waals surface area (Å²) < 4.78 is 34.6. The molecule has 1 amide bonds. The van der Waals surface area contributed by atoms with Gasteiger partial charge in [0.2, 0.25) is 13.8 Å². The Morgan fingerprint density at radius 3 is 2.61 bits per heavy atom. The van der Waals surface area contributed by atoms with Crippen molar-refractivity contribution in [2.75, 3.05) is 6.54 Å². The molecule has 0 spiro atoms. The molecule has 176 valence electrons. The van der Waals surface area contributed by atoms with Gasteiger partial charge >= 0.3 is 0 Å². The largest absolute Gasteiger partial charge is 0.449 e. The predicted octanol–water partition coefficient (Wildman–Crippen LogP) is 2.93. The van der Waals surface area contributed by atoms with E-state index < -0.39 is 11.8 Å². The summed E-state index contributed by atoms with van der Waals surface area (Å²) >= 11 is 0. The van der Waals surface area contributed by atoms with Gasteiger partial charge in [-0.15, -0.1) is 0 Å². The predicted molar refractivity (Wildman–Crippen MR) is 117 cm³/mol. The average molecular weight is 459 g/mol. The van der Waals surface area contributed by atoms with E-state index in [2.05, 4.69) is 5.10 Å². The number of hydrogen-bond donors (Lipinski definition) is 2. The molecule has 10 heteroatoms. The highest BCUT2D eigenvalue weighted by molar-refractivity contribution is 6.12. The molecule has 2 aromatic rings. The maximum Gasteiger partial charge on any atom is 0.286 e. The van der Waals surface area contributed by atoms with Gasteiger partial charge in [0, 0.05) is 19.4 Å². The first-order chi connectivity index (χ1) is 15.3. The van der Waals surface area contributed by atoms with Crippen molar-refractivity contribution in [2.24, 2.45) is 5.92 Å². The summed E-state index contributed by atoms with van der Waals surface area (Å²) in [7, 11) is 5.16. The van der Waals surface area contributed by atoms with Crippen molar-refractivity contribution in [1.29, 1.82) is 0 Å². The lowest BCUT2D eigenvalue weighted by molar-refractivity contribution is -0.223. The maximum absolute atomic E-state index is 14.2. The van der Waals surface area contributed by atoms with E-state index in [1.807, 2.05) is 13.0 Å². The number of benzene rings is 1. The van der Waals surface area contributed by atoms with Gasteiger partial charge in [-0.1, -0.05) is 19.1 Å². The molecule has 2 aliphatic rings. The van der Waals surface area contributed by atoms with Crippen molar-refractivity contribution < 1.29 is 28.5 Å². The highest BCUT2D eigenvalue weighted by Gasteiger charge is 2.39. The first kappa shape index (κ1) is 23.7. The van der Waals surface area contributed by atoms with Gasteiger partial charge in [-0.2, -0.15) is 13.9 Å². The standard InChI is InChI=1S/C23H28BF2N3O4/c1-13-9-10-28(21(13)16-5-4-6-18(14(16)2)33-23(24,31)32)20(30)12-29-19(22(3,25)26)11-17(27-29)15-7-8-15/h4-6,11,13,15,21,31-32H,7-10,12H2,1-3H3/t13-,21?/m1/s1. The first-order valence-electron chi connectivity index (χ1n) is 11.1. The fourth-order valence-electron chi connectivity index (χ4n) is 4.63. The van der Waals surface area contributed by atoms with E-state index in [-0.39, 0.29) is 41.8 Å². The van der Waals surface area contributed by atoms with Crippen LogP contribution in [0.5, 0.6) is 5.75 Å². The third-order valence-electron chi connectivity index (χ3n) is 6.45. The molecule has 2 atom stereocenters. The summed E-state index contributed by atoms with van der Waals surface area (Å²) in [5.74, 6) is -5.77. The molecule has 1 unspecified atom stereocenters. The minimum atomic E-state index is -3.11. The molecule has 7 nitrogen and oxygen atoms in total. The van der Waals surface area contributed by atoms with Gasteiger partial charge in [-0.3, -0.25) is 9.48 Å². The number of nitrogens with zero attached hydrogens (tertiary/aromatic N) is 3. The zero-order valence-corrected chi connectivity index (χ0v) is 19.0. The Morgan fingerprint density at radius 2 is 2.00 bits per heavy atom. The summed E-state index contributed by atoms with van der Waals surface area (Å²) in [4.78, 5) is 15.0. The van der Waals surface area contributed by atoms with Crippen LogP contribution in [-0.2, 0) is 17.3 Å². The van der Waals surface area contributed by atoms with Crippen molar-refractivity contribution in [3.05, 3.63) is 46.8 Å². The third kappa shape index (κ3) is 5.06. The van der Waals surface area contributed by atoms with Crippen LogP contribution in [0.2, 0.25) is 0 Å². The quantitative estimate of drug-likeness (QED) is 0.491. The number of ether oxygens (including phenoxy) is 1. The van der Waals surface area contributed by atoms with E-state index >= 15 is 0 Å². The van der Waals surface area contributed by atoms with Crippen molar-refractivity contribution >= 4 is 13.8 Å². The number of carbonyl (C=O) groups is 1. The molecule has 1 aliphatic heterocycles. The van der Waals surface area contributed by atoms with Crippen LogP contribution >= 0.6 is 0 Å². The van der Waals surface area contributed by atoms with Gasteiger partial charge in [0.05, 0.1) is 11.7 Å². The van der Waals surface area contributed by atoms with Crippen molar-refractivity contribution in [1.82, 2.24) is 14.7 Å². The van der Waals surface area contributed by atoms with Crippen LogP contribution in [0, 0.1) is 12.8 Å². The maximum atomic E-state index is 14.2. The van der Waals surface area contributed by atoms with Crippen LogP contribution in [0.15, 0.2) is 24.3 Å².